The van der Waals surface area contributed by atoms with Gasteiger partial charge in [0.1, 0.15) is 29.3 Å². The van der Waals surface area contributed by atoms with Crippen LogP contribution in [0.4, 0.5) is 15.8 Å². The number of anilines is 2. The summed E-state index contributed by atoms with van der Waals surface area (Å²) in [4.78, 5) is 44.8. The number of aromatic nitrogens is 2. The van der Waals surface area contributed by atoms with Gasteiger partial charge in [0.25, 0.3) is 11.8 Å². The monoisotopic (exact) mass is 562 g/mol. The van der Waals surface area contributed by atoms with Crippen LogP contribution in [0, 0.1) is 5.82 Å². The molecule has 3 aromatic carbocycles. The van der Waals surface area contributed by atoms with Gasteiger partial charge in [0, 0.05) is 27.5 Å². The fraction of sp³-hybridized carbons (Fsp3) is 0.133. The molecule has 5 aromatic rings. The van der Waals surface area contributed by atoms with E-state index < -0.39 is 29.1 Å². The summed E-state index contributed by atoms with van der Waals surface area (Å²) in [5.41, 5.74) is 1.32. The van der Waals surface area contributed by atoms with Gasteiger partial charge >= 0.3 is 35.5 Å². The normalized spacial score (nSPS) is 16.0. The number of nitrogens with one attached hydrogen (secondary N) is 1. The molecule has 1 aliphatic rings. The largest absolute Gasteiger partial charge is 1.00 e. The second-order valence-electron chi connectivity index (χ2n) is 9.66. The number of hydrogen-bond acceptors (Lipinski definition) is 5. The quantitative estimate of drug-likeness (QED) is 0.306. The Morgan fingerprint density at radius 2 is 1.78 bits per heavy atom. The summed E-state index contributed by atoms with van der Waals surface area (Å²) in [5, 5.41) is 13.7. The van der Waals surface area contributed by atoms with E-state index in [9.17, 15) is 23.9 Å². The summed E-state index contributed by atoms with van der Waals surface area (Å²) in [5.74, 6) is -1.97. The Balaban J connectivity index is 0.00000202. The van der Waals surface area contributed by atoms with Gasteiger partial charge in [-0.3, -0.25) is 19.3 Å². The van der Waals surface area contributed by atoms with E-state index in [-0.39, 0.29) is 43.2 Å². The molecular formula is C30H24FN4NaO5. The molecule has 0 bridgehead atoms. The summed E-state index contributed by atoms with van der Waals surface area (Å²) in [7, 11) is 1.51. The predicted octanol–water partition coefficient (Wildman–Crippen LogP) is 1.86. The molecule has 0 saturated heterocycles. The third kappa shape index (κ3) is 4.63. The molecule has 0 radical (unpaired) electrons. The van der Waals surface area contributed by atoms with Crippen LogP contribution in [0.2, 0.25) is 0 Å². The van der Waals surface area contributed by atoms with Crippen LogP contribution < -0.4 is 44.5 Å². The van der Waals surface area contributed by atoms with E-state index >= 15 is 0 Å². The van der Waals surface area contributed by atoms with Gasteiger partial charge in [-0.05, 0) is 61.5 Å². The number of carbonyl (C=O) groups is 3. The van der Waals surface area contributed by atoms with Crippen molar-refractivity contribution in [3.8, 4) is 5.75 Å². The van der Waals surface area contributed by atoms with Crippen LogP contribution in [0.15, 0.2) is 79.0 Å². The van der Waals surface area contributed by atoms with Crippen LogP contribution in [0.1, 0.15) is 24.4 Å². The van der Waals surface area contributed by atoms with Gasteiger partial charge in [-0.2, -0.15) is 0 Å². The predicted molar refractivity (Wildman–Crippen MR) is 147 cm³/mol. The number of para-hydroxylation sites is 1. The molecule has 3 heterocycles. The Hall–Kier alpha value is -4.25. The molecule has 2 aromatic heterocycles. The van der Waals surface area contributed by atoms with E-state index in [4.69, 9.17) is 4.74 Å². The van der Waals surface area contributed by atoms with Crippen molar-refractivity contribution in [1.82, 2.24) is 14.9 Å². The number of methoxy groups -OCH3 is 1. The summed E-state index contributed by atoms with van der Waals surface area (Å²) >= 11 is 0. The van der Waals surface area contributed by atoms with Crippen molar-refractivity contribution in [3.05, 3.63) is 96.1 Å². The Bertz CT molecular complexity index is 1860. The molecule has 2 amide bonds. The first-order chi connectivity index (χ1) is 19.2. The molecule has 0 spiro atoms. The number of benzene rings is 3. The molecular weight excluding hydrogens is 538 g/mol. The Kier molecular flexibility index (Phi) is 7.33. The Morgan fingerprint density at radius 3 is 2.49 bits per heavy atom. The number of carboxylic acid groups (broad SMARTS) is 1. The molecule has 0 aliphatic carbocycles. The van der Waals surface area contributed by atoms with Crippen LogP contribution in [-0.2, 0) is 21.7 Å². The molecule has 202 valence electrons. The number of hydrogen-bond donors (Lipinski definition) is 2. The van der Waals surface area contributed by atoms with E-state index in [0.717, 1.165) is 5.39 Å². The summed E-state index contributed by atoms with van der Waals surface area (Å²) < 4.78 is 20.7. The zero-order valence-electron chi connectivity index (χ0n) is 23.5. The molecule has 6 rings (SSSR count). The third-order valence-electron chi connectivity index (χ3n) is 7.25. The number of carbonyl (C=O) groups excluding carboxylic acids is 2. The number of carboxylic acids is 1. The smallest absolute Gasteiger partial charge is 1.00 e. The molecule has 0 saturated carbocycles. The average Bonchev–Trinajstić information content (AvgIpc) is 3.37. The van der Waals surface area contributed by atoms with Crippen molar-refractivity contribution in [2.75, 3.05) is 12.0 Å². The zero-order chi connectivity index (χ0) is 28.2. The topological polar surface area (TPSA) is 114 Å². The number of halogens is 1. The van der Waals surface area contributed by atoms with Crippen LogP contribution in [-0.4, -0.2) is 39.6 Å². The molecule has 2 N–H and O–H groups in total. The van der Waals surface area contributed by atoms with Crippen molar-refractivity contribution >= 4 is 51.0 Å². The molecule has 1 atom stereocenters. The van der Waals surface area contributed by atoms with Gasteiger partial charge in [-0.25, -0.2) is 9.37 Å². The minimum atomic E-state index is -1.50. The van der Waals surface area contributed by atoms with E-state index in [1.807, 2.05) is 24.3 Å². The second kappa shape index (κ2) is 10.6. The molecule has 0 fully saturated rings. The van der Waals surface area contributed by atoms with Crippen molar-refractivity contribution in [2.24, 2.45) is 0 Å². The van der Waals surface area contributed by atoms with Crippen molar-refractivity contribution in [1.29, 1.82) is 0 Å². The van der Waals surface area contributed by atoms with Gasteiger partial charge in [-0.1, -0.05) is 18.2 Å². The molecule has 0 unspecified atom stereocenters. The van der Waals surface area contributed by atoms with Gasteiger partial charge < -0.3 is 21.2 Å². The van der Waals surface area contributed by atoms with E-state index in [1.165, 1.54) is 42.5 Å². The summed E-state index contributed by atoms with van der Waals surface area (Å²) in [6.45, 7) is 1.34. The van der Waals surface area contributed by atoms with E-state index in [1.54, 1.807) is 35.8 Å². The Morgan fingerprint density at radius 1 is 1.05 bits per heavy atom. The number of nitrogens with zero attached hydrogens (tertiary/aromatic N) is 3. The van der Waals surface area contributed by atoms with Crippen LogP contribution in [0.25, 0.3) is 21.8 Å². The maximum atomic E-state index is 13.9. The van der Waals surface area contributed by atoms with E-state index in [2.05, 4.69) is 10.3 Å². The third-order valence-corrected chi connectivity index (χ3v) is 7.25. The van der Waals surface area contributed by atoms with Crippen molar-refractivity contribution in [3.63, 3.8) is 0 Å². The summed E-state index contributed by atoms with van der Waals surface area (Å²) in [6.07, 6.45) is 1.47. The number of ether oxygens (including phenoxy) is 1. The molecule has 9 nitrogen and oxygen atoms in total. The summed E-state index contributed by atoms with van der Waals surface area (Å²) in [6, 6.07) is 19.5. The fourth-order valence-corrected chi connectivity index (χ4v) is 5.32. The van der Waals surface area contributed by atoms with E-state index in [0.29, 0.717) is 39.1 Å². The maximum absolute atomic E-state index is 13.9. The molecule has 11 heteroatoms. The van der Waals surface area contributed by atoms with Gasteiger partial charge in [0.2, 0.25) is 0 Å². The maximum Gasteiger partial charge on any atom is 1.00 e. The first kappa shape index (κ1) is 28.3. The minimum absolute atomic E-state index is 0. The van der Waals surface area contributed by atoms with Crippen LogP contribution >= 0.6 is 0 Å². The van der Waals surface area contributed by atoms with Crippen LogP contribution in [0.3, 0.4) is 0 Å². The van der Waals surface area contributed by atoms with Crippen LogP contribution in [0.5, 0.6) is 5.75 Å². The number of amides is 2. The number of rotatable bonds is 6. The minimum Gasteiger partial charge on any atom is -1.00 e. The first-order valence-corrected chi connectivity index (χ1v) is 12.4. The number of pyridine rings is 1. The molecule has 41 heavy (non-hydrogen) atoms. The number of aliphatic carboxylic acids is 1. The Labute approximate surface area is 257 Å². The van der Waals surface area contributed by atoms with Gasteiger partial charge in [0.05, 0.1) is 24.5 Å². The fourth-order valence-electron chi connectivity index (χ4n) is 5.32. The van der Waals surface area contributed by atoms with Crippen molar-refractivity contribution < 1.29 is 59.6 Å². The molecule has 1 aliphatic heterocycles. The average molecular weight is 563 g/mol. The van der Waals surface area contributed by atoms with Gasteiger partial charge in [-0.15, -0.1) is 0 Å². The standard InChI is InChI=1S/C30H23FN4O5.Na.H/c1-30(22-13-19(40-2)11-12-25(22)35(29(30)39)18-9-7-17(31)8-10-18)33-28(38)23-14-21-20-5-3-4-6-24(20)34(16-27(36)37)26(21)15-32-23;;/h3-15H,16H2,1-2H3,(H,33,38)(H,36,37);;/q;+1;-1/t30-;;/m0../s1. The van der Waals surface area contributed by atoms with Gasteiger partial charge in [0.15, 0.2) is 0 Å². The van der Waals surface area contributed by atoms with Crippen molar-refractivity contribution in [2.45, 2.75) is 19.0 Å². The SMILES string of the molecule is COc1ccc2c(c1)[C@](C)(NC(=O)c1cc3c4ccccc4n(CC(=O)O)c3cn1)C(=O)N2c1ccc(F)cc1.[H-].[Na+]. The second-order valence-corrected chi connectivity index (χ2v) is 9.66. The number of fused-ring (bicyclic) bond motifs is 4. The first-order valence-electron chi connectivity index (χ1n) is 12.4. The zero-order valence-corrected chi connectivity index (χ0v) is 24.5.